The molecule has 0 saturated heterocycles. The van der Waals surface area contributed by atoms with Crippen LogP contribution < -0.4 is 9.64 Å². The molecule has 0 aromatic heterocycles. The van der Waals surface area contributed by atoms with E-state index in [9.17, 15) is 23.2 Å². The number of amides is 3. The maximum Gasteiger partial charge on any atom is 0.262 e. The van der Waals surface area contributed by atoms with Crippen molar-refractivity contribution in [2.45, 2.75) is 31.3 Å². The Labute approximate surface area is 200 Å². The van der Waals surface area contributed by atoms with Gasteiger partial charge in [0.2, 0.25) is 0 Å². The Morgan fingerprint density at radius 3 is 2.06 bits per heavy atom. The normalized spacial score (nSPS) is 15.7. The summed E-state index contributed by atoms with van der Waals surface area (Å²) in [6.45, 7) is 0. The quantitative estimate of drug-likeness (QED) is 0.475. The van der Waals surface area contributed by atoms with E-state index < -0.39 is 35.4 Å². The van der Waals surface area contributed by atoms with Crippen molar-refractivity contribution >= 4 is 23.4 Å². The molecule has 0 radical (unpaired) electrons. The zero-order chi connectivity index (χ0) is 24.7. The van der Waals surface area contributed by atoms with Gasteiger partial charge in [0.05, 0.1) is 18.2 Å². The average Bonchev–Trinajstić information content (AvgIpc) is 3.64. The lowest BCUT2D eigenvalue weighted by Crippen LogP contribution is -2.53. The third-order valence-electron chi connectivity index (χ3n) is 6.27. The van der Waals surface area contributed by atoms with Gasteiger partial charge in [0, 0.05) is 24.2 Å². The van der Waals surface area contributed by atoms with Gasteiger partial charge in [-0.15, -0.1) is 0 Å². The number of ether oxygens (including phenoxy) is 1. The Balaban J connectivity index is 1.56. The summed E-state index contributed by atoms with van der Waals surface area (Å²) in [6, 6.07) is 14.8. The van der Waals surface area contributed by atoms with Gasteiger partial charge < -0.3 is 9.64 Å². The number of benzene rings is 3. The van der Waals surface area contributed by atoms with Gasteiger partial charge in [-0.3, -0.25) is 19.3 Å². The van der Waals surface area contributed by atoms with Crippen LogP contribution in [0.1, 0.15) is 39.1 Å². The highest BCUT2D eigenvalue weighted by atomic mass is 19.1. The molecule has 3 aromatic rings. The largest absolute Gasteiger partial charge is 0.497 e. The molecular formula is C27H22F2N2O4. The molecule has 3 aromatic carbocycles. The summed E-state index contributed by atoms with van der Waals surface area (Å²) in [7, 11) is 1.54. The van der Waals surface area contributed by atoms with Crippen LogP contribution >= 0.6 is 0 Å². The van der Waals surface area contributed by atoms with Crippen LogP contribution in [0, 0.1) is 11.6 Å². The number of carbonyl (C=O) groups excluding carboxylic acids is 3. The first-order valence-corrected chi connectivity index (χ1v) is 11.3. The van der Waals surface area contributed by atoms with E-state index in [2.05, 4.69) is 0 Å². The van der Waals surface area contributed by atoms with E-state index in [4.69, 9.17) is 4.74 Å². The molecule has 1 aliphatic carbocycles. The van der Waals surface area contributed by atoms with Gasteiger partial charge in [-0.25, -0.2) is 8.78 Å². The highest BCUT2D eigenvalue weighted by molar-refractivity contribution is 6.23. The van der Waals surface area contributed by atoms with E-state index in [0.29, 0.717) is 11.4 Å². The number of methoxy groups -OCH3 is 1. The smallest absolute Gasteiger partial charge is 0.262 e. The number of hydrogen-bond donors (Lipinski definition) is 0. The topological polar surface area (TPSA) is 66.9 Å². The molecule has 1 atom stereocenters. The van der Waals surface area contributed by atoms with Crippen molar-refractivity contribution in [3.8, 4) is 5.75 Å². The summed E-state index contributed by atoms with van der Waals surface area (Å²) in [6.07, 6.45) is 1.31. The van der Waals surface area contributed by atoms with Crippen molar-refractivity contribution in [3.63, 3.8) is 0 Å². The number of rotatable bonds is 7. The molecular weight excluding hydrogens is 454 g/mol. The second-order valence-electron chi connectivity index (χ2n) is 8.66. The fourth-order valence-corrected chi connectivity index (χ4v) is 4.49. The number of hydrogen-bond acceptors (Lipinski definition) is 4. The zero-order valence-electron chi connectivity index (χ0n) is 18.9. The number of fused-ring (bicyclic) bond motifs is 1. The first-order valence-electron chi connectivity index (χ1n) is 11.3. The van der Waals surface area contributed by atoms with Crippen molar-refractivity contribution < 1.29 is 27.9 Å². The number of halogens is 2. The van der Waals surface area contributed by atoms with Gasteiger partial charge in [0.1, 0.15) is 23.4 Å². The van der Waals surface area contributed by atoms with Crippen molar-refractivity contribution in [1.29, 1.82) is 0 Å². The summed E-state index contributed by atoms with van der Waals surface area (Å²) in [5, 5.41) is 0. The molecule has 178 valence electrons. The molecule has 1 fully saturated rings. The van der Waals surface area contributed by atoms with Gasteiger partial charge in [0.15, 0.2) is 0 Å². The minimum atomic E-state index is -1.29. The van der Waals surface area contributed by atoms with E-state index in [1.54, 1.807) is 41.3 Å². The SMILES string of the molecule is COc1ccc(N(C(=O)C(Cc2cc(F)cc(F)c2)N2C(=O)c3ccccc3C2=O)C2CC2)cc1. The van der Waals surface area contributed by atoms with Crippen molar-refractivity contribution in [1.82, 2.24) is 4.90 Å². The zero-order valence-corrected chi connectivity index (χ0v) is 18.9. The van der Waals surface area contributed by atoms with Crippen molar-refractivity contribution in [2.75, 3.05) is 12.0 Å². The maximum atomic E-state index is 14.0. The number of carbonyl (C=O) groups is 3. The van der Waals surface area contributed by atoms with Crippen LogP contribution in [-0.2, 0) is 11.2 Å². The standard InChI is InChI=1S/C27H22F2N2O4/c1-35-21-10-8-20(9-11-21)30(19-6-7-19)27(34)24(14-16-12-17(28)15-18(29)13-16)31-25(32)22-4-2-3-5-23(22)26(31)33/h2-5,8-13,15,19,24H,6-7,14H2,1H3. The Hall–Kier alpha value is -4.07. The van der Waals surface area contributed by atoms with E-state index in [1.807, 2.05) is 0 Å². The molecule has 0 spiro atoms. The third-order valence-corrected chi connectivity index (χ3v) is 6.27. The molecule has 1 heterocycles. The van der Waals surface area contributed by atoms with Gasteiger partial charge in [-0.2, -0.15) is 0 Å². The summed E-state index contributed by atoms with van der Waals surface area (Å²) >= 11 is 0. The summed E-state index contributed by atoms with van der Waals surface area (Å²) in [5.74, 6) is -2.69. The molecule has 6 nitrogen and oxygen atoms in total. The molecule has 1 aliphatic heterocycles. The molecule has 5 rings (SSSR count). The fraction of sp³-hybridized carbons (Fsp3) is 0.222. The molecule has 8 heteroatoms. The highest BCUT2D eigenvalue weighted by Crippen LogP contribution is 2.35. The molecule has 1 unspecified atom stereocenters. The third kappa shape index (κ3) is 4.27. The second-order valence-corrected chi connectivity index (χ2v) is 8.66. The lowest BCUT2D eigenvalue weighted by Gasteiger charge is -2.32. The average molecular weight is 476 g/mol. The molecule has 0 bridgehead atoms. The van der Waals surface area contributed by atoms with Crippen LogP contribution in [0.4, 0.5) is 14.5 Å². The monoisotopic (exact) mass is 476 g/mol. The first kappa shape index (κ1) is 22.7. The summed E-state index contributed by atoms with van der Waals surface area (Å²) < 4.78 is 33.1. The number of nitrogens with zero attached hydrogens (tertiary/aromatic N) is 2. The Bertz CT molecular complexity index is 1270. The Morgan fingerprint density at radius 1 is 0.971 bits per heavy atom. The summed E-state index contributed by atoms with van der Waals surface area (Å²) in [4.78, 5) is 43.1. The van der Waals surface area contributed by atoms with Crippen molar-refractivity contribution in [3.05, 3.63) is 95.1 Å². The van der Waals surface area contributed by atoms with E-state index in [-0.39, 0.29) is 29.2 Å². The predicted octanol–water partition coefficient (Wildman–Crippen LogP) is 4.38. The van der Waals surface area contributed by atoms with Crippen LogP contribution in [-0.4, -0.2) is 41.8 Å². The minimum absolute atomic E-state index is 0.0992. The van der Waals surface area contributed by atoms with Gasteiger partial charge in [-0.1, -0.05) is 12.1 Å². The van der Waals surface area contributed by atoms with Crippen LogP contribution in [0.3, 0.4) is 0 Å². The minimum Gasteiger partial charge on any atom is -0.497 e. The Kier molecular flexibility index (Phi) is 5.80. The number of imide groups is 1. The maximum absolute atomic E-state index is 14.0. The molecule has 0 N–H and O–H groups in total. The Morgan fingerprint density at radius 2 is 1.54 bits per heavy atom. The first-order chi connectivity index (χ1) is 16.9. The lowest BCUT2D eigenvalue weighted by atomic mass is 10.0. The molecule has 3 amide bonds. The van der Waals surface area contributed by atoms with Crippen LogP contribution in [0.15, 0.2) is 66.7 Å². The number of anilines is 1. The highest BCUT2D eigenvalue weighted by Gasteiger charge is 2.46. The summed E-state index contributed by atoms with van der Waals surface area (Å²) in [5.41, 5.74) is 1.15. The van der Waals surface area contributed by atoms with Crippen LogP contribution in [0.2, 0.25) is 0 Å². The van der Waals surface area contributed by atoms with Gasteiger partial charge in [0.25, 0.3) is 17.7 Å². The lowest BCUT2D eigenvalue weighted by molar-refractivity contribution is -0.122. The molecule has 2 aliphatic rings. The molecule has 1 saturated carbocycles. The predicted molar refractivity (Wildman–Crippen MR) is 124 cm³/mol. The fourth-order valence-electron chi connectivity index (χ4n) is 4.49. The second kappa shape index (κ2) is 8.94. The van der Waals surface area contributed by atoms with Gasteiger partial charge >= 0.3 is 0 Å². The molecule has 35 heavy (non-hydrogen) atoms. The van der Waals surface area contributed by atoms with Crippen molar-refractivity contribution in [2.24, 2.45) is 0 Å². The van der Waals surface area contributed by atoms with Gasteiger partial charge in [-0.05, 0) is 66.9 Å². The van der Waals surface area contributed by atoms with Crippen LogP contribution in [0.25, 0.3) is 0 Å². The van der Waals surface area contributed by atoms with E-state index >= 15 is 0 Å². The van der Waals surface area contributed by atoms with Crippen LogP contribution in [0.5, 0.6) is 5.75 Å². The van der Waals surface area contributed by atoms with E-state index in [1.165, 1.54) is 19.2 Å². The van der Waals surface area contributed by atoms with E-state index in [0.717, 1.165) is 35.9 Å².